The third-order valence-electron chi connectivity index (χ3n) is 6.86. The molecule has 6 nitrogen and oxygen atoms in total. The van der Waals surface area contributed by atoms with Gasteiger partial charge in [-0.15, -0.1) is 0 Å². The van der Waals surface area contributed by atoms with Crippen LogP contribution in [0.3, 0.4) is 0 Å². The number of aliphatic imine (C=N–C) groups is 1. The highest BCUT2D eigenvalue weighted by Gasteiger charge is 2.39. The van der Waals surface area contributed by atoms with E-state index in [4.69, 9.17) is 4.99 Å². The van der Waals surface area contributed by atoms with Crippen molar-refractivity contribution in [1.82, 2.24) is 0 Å². The SMILES string of the molecule is O=C1c2cccc3c(Nc4ccc(N(CCO)CCO)cc4)ccc(c23)C2=Nc3ccccc3C12. The smallest absolute Gasteiger partial charge is 0.177 e. The summed E-state index contributed by atoms with van der Waals surface area (Å²) < 4.78 is 0. The molecule has 1 atom stereocenters. The Morgan fingerprint density at radius 2 is 1.60 bits per heavy atom. The van der Waals surface area contributed by atoms with Gasteiger partial charge in [0.1, 0.15) is 0 Å². The normalized spacial score (nSPS) is 15.5. The molecule has 4 aromatic carbocycles. The van der Waals surface area contributed by atoms with Crippen LogP contribution >= 0.6 is 0 Å². The van der Waals surface area contributed by atoms with Gasteiger partial charge in [0.15, 0.2) is 5.78 Å². The fraction of sp³-hybridized carbons (Fsp3) is 0.172. The number of anilines is 3. The van der Waals surface area contributed by atoms with Crippen molar-refractivity contribution in [2.24, 2.45) is 4.99 Å². The fourth-order valence-corrected chi connectivity index (χ4v) is 5.27. The van der Waals surface area contributed by atoms with Gasteiger partial charge < -0.3 is 20.4 Å². The number of Topliss-reactive ketones (excluding diaryl/α,β-unsaturated/α-hetero) is 1. The molecule has 1 aliphatic heterocycles. The summed E-state index contributed by atoms with van der Waals surface area (Å²) in [6.07, 6.45) is 0. The van der Waals surface area contributed by atoms with Gasteiger partial charge in [-0.3, -0.25) is 9.79 Å². The summed E-state index contributed by atoms with van der Waals surface area (Å²) in [6.45, 7) is 0.975. The maximum Gasteiger partial charge on any atom is 0.177 e. The summed E-state index contributed by atoms with van der Waals surface area (Å²) in [5.74, 6) is -0.238. The highest BCUT2D eigenvalue weighted by Crippen LogP contribution is 2.46. The number of fused-ring (bicyclic) bond motifs is 4. The predicted octanol–water partition coefficient (Wildman–Crippen LogP) is 4.79. The molecular formula is C29H25N3O3. The first-order valence-corrected chi connectivity index (χ1v) is 11.8. The van der Waals surface area contributed by atoms with Crippen LogP contribution < -0.4 is 10.2 Å². The zero-order chi connectivity index (χ0) is 23.9. The Morgan fingerprint density at radius 1 is 0.829 bits per heavy atom. The Hall–Kier alpha value is -4.00. The molecule has 0 saturated heterocycles. The molecule has 1 unspecified atom stereocenters. The van der Waals surface area contributed by atoms with E-state index in [9.17, 15) is 15.0 Å². The molecule has 0 aromatic heterocycles. The number of benzene rings is 4. The predicted molar refractivity (Wildman–Crippen MR) is 140 cm³/mol. The molecular weight excluding hydrogens is 438 g/mol. The van der Waals surface area contributed by atoms with Gasteiger partial charge in [-0.2, -0.15) is 0 Å². The number of nitrogens with one attached hydrogen (secondary N) is 1. The van der Waals surface area contributed by atoms with Gasteiger partial charge in [0.2, 0.25) is 0 Å². The molecule has 0 radical (unpaired) electrons. The van der Waals surface area contributed by atoms with E-state index in [-0.39, 0.29) is 24.9 Å². The highest BCUT2D eigenvalue weighted by atomic mass is 16.3. The lowest BCUT2D eigenvalue weighted by atomic mass is 9.77. The van der Waals surface area contributed by atoms with Crippen LogP contribution in [0.1, 0.15) is 27.4 Å². The molecule has 0 bridgehead atoms. The minimum atomic E-state index is -0.337. The third-order valence-corrected chi connectivity index (χ3v) is 6.86. The van der Waals surface area contributed by atoms with E-state index in [1.807, 2.05) is 71.6 Å². The number of nitrogens with zero attached hydrogens (tertiary/aromatic N) is 2. The van der Waals surface area contributed by atoms with Crippen LogP contribution in [0.5, 0.6) is 0 Å². The lowest BCUT2D eigenvalue weighted by Gasteiger charge is -2.25. The lowest BCUT2D eigenvalue weighted by Crippen LogP contribution is -2.29. The standard InChI is InChI=1S/C29H25N3O3/c33-16-14-32(15-17-34)19-10-8-18(9-11-19)30-25-13-12-22-26-20(25)5-3-6-23(26)29(35)27-21-4-1-2-7-24(21)31-28(22)27/h1-13,27,30,33-34H,14-17H2. The van der Waals surface area contributed by atoms with E-state index < -0.39 is 0 Å². The van der Waals surface area contributed by atoms with Crippen LogP contribution in [0.25, 0.3) is 10.8 Å². The molecule has 174 valence electrons. The van der Waals surface area contributed by atoms with Crippen molar-refractivity contribution >= 4 is 45.0 Å². The number of carbonyl (C=O) groups excluding carboxylic acids is 1. The molecule has 0 spiro atoms. The van der Waals surface area contributed by atoms with Gasteiger partial charge in [-0.25, -0.2) is 0 Å². The molecule has 1 heterocycles. The topological polar surface area (TPSA) is 85.2 Å². The van der Waals surface area contributed by atoms with Crippen LogP contribution in [0.4, 0.5) is 22.7 Å². The average Bonchev–Trinajstić information content (AvgIpc) is 3.28. The monoisotopic (exact) mass is 463 g/mol. The van der Waals surface area contributed by atoms with Gasteiger partial charge in [-0.05, 0) is 42.0 Å². The number of aliphatic hydroxyl groups excluding tert-OH is 2. The Bertz CT molecular complexity index is 1470. The molecule has 6 rings (SSSR count). The van der Waals surface area contributed by atoms with E-state index >= 15 is 0 Å². The van der Waals surface area contributed by atoms with Gasteiger partial charge >= 0.3 is 0 Å². The summed E-state index contributed by atoms with van der Waals surface area (Å²) in [6, 6.07) is 25.8. The second kappa shape index (κ2) is 8.65. The first-order chi connectivity index (χ1) is 17.2. The largest absolute Gasteiger partial charge is 0.395 e. The third kappa shape index (κ3) is 3.50. The summed E-state index contributed by atoms with van der Waals surface area (Å²) >= 11 is 0. The summed E-state index contributed by atoms with van der Waals surface area (Å²) in [7, 11) is 0. The second-order valence-electron chi connectivity index (χ2n) is 8.85. The van der Waals surface area contributed by atoms with Crippen molar-refractivity contribution in [2.45, 2.75) is 5.92 Å². The van der Waals surface area contributed by atoms with E-state index in [1.54, 1.807) is 0 Å². The first-order valence-electron chi connectivity index (χ1n) is 11.8. The number of aliphatic hydroxyl groups is 2. The van der Waals surface area contributed by atoms with Gasteiger partial charge in [0.25, 0.3) is 0 Å². The lowest BCUT2D eigenvalue weighted by molar-refractivity contribution is 0.0984. The van der Waals surface area contributed by atoms with E-state index in [0.29, 0.717) is 13.1 Å². The molecule has 0 saturated carbocycles. The van der Waals surface area contributed by atoms with Crippen LogP contribution in [0, 0.1) is 0 Å². The van der Waals surface area contributed by atoms with Gasteiger partial charge in [0.05, 0.1) is 30.5 Å². The minimum absolute atomic E-state index is 0.0244. The Morgan fingerprint density at radius 3 is 2.37 bits per heavy atom. The molecule has 3 N–H and O–H groups in total. The van der Waals surface area contributed by atoms with Crippen LogP contribution in [-0.2, 0) is 0 Å². The average molecular weight is 464 g/mol. The Kier molecular flexibility index (Phi) is 5.32. The minimum Gasteiger partial charge on any atom is -0.395 e. The van der Waals surface area contributed by atoms with E-state index in [2.05, 4.69) is 17.4 Å². The summed E-state index contributed by atoms with van der Waals surface area (Å²) in [5, 5.41) is 24.0. The molecule has 4 aromatic rings. The summed E-state index contributed by atoms with van der Waals surface area (Å²) in [5.41, 5.74) is 7.21. The van der Waals surface area contributed by atoms with Crippen molar-refractivity contribution in [3.63, 3.8) is 0 Å². The maximum absolute atomic E-state index is 13.6. The summed E-state index contributed by atoms with van der Waals surface area (Å²) in [4.78, 5) is 20.4. The number of carbonyl (C=O) groups is 1. The number of ketones is 1. The first kappa shape index (κ1) is 21.5. The number of para-hydroxylation sites is 1. The van der Waals surface area contributed by atoms with Crippen LogP contribution in [-0.4, -0.2) is 48.0 Å². The van der Waals surface area contributed by atoms with Crippen molar-refractivity contribution < 1.29 is 15.0 Å². The van der Waals surface area contributed by atoms with E-state index in [0.717, 1.165) is 55.9 Å². The Labute approximate surface area is 203 Å². The van der Waals surface area contributed by atoms with Crippen molar-refractivity contribution in [3.8, 4) is 0 Å². The number of rotatable bonds is 7. The van der Waals surface area contributed by atoms with E-state index in [1.165, 1.54) is 0 Å². The van der Waals surface area contributed by atoms with Crippen LogP contribution in [0.15, 0.2) is 83.9 Å². The molecule has 35 heavy (non-hydrogen) atoms. The second-order valence-corrected chi connectivity index (χ2v) is 8.85. The maximum atomic E-state index is 13.6. The zero-order valence-corrected chi connectivity index (χ0v) is 19.1. The van der Waals surface area contributed by atoms with Crippen molar-refractivity contribution in [3.05, 3.63) is 95.6 Å². The van der Waals surface area contributed by atoms with Gasteiger partial charge in [0, 0.05) is 52.1 Å². The molecule has 0 fully saturated rings. The highest BCUT2D eigenvalue weighted by molar-refractivity contribution is 6.36. The van der Waals surface area contributed by atoms with Gasteiger partial charge in [-0.1, -0.05) is 42.5 Å². The molecule has 6 heteroatoms. The van der Waals surface area contributed by atoms with Crippen molar-refractivity contribution in [1.29, 1.82) is 0 Å². The van der Waals surface area contributed by atoms with Crippen LogP contribution in [0.2, 0.25) is 0 Å². The Balaban J connectivity index is 1.37. The quantitative estimate of drug-likeness (QED) is 0.367. The molecule has 2 aliphatic rings. The molecule has 1 aliphatic carbocycles. The zero-order valence-electron chi connectivity index (χ0n) is 19.1. The fourth-order valence-electron chi connectivity index (χ4n) is 5.27. The number of hydrogen-bond acceptors (Lipinski definition) is 6. The van der Waals surface area contributed by atoms with Crippen molar-refractivity contribution in [2.75, 3.05) is 36.5 Å². The molecule has 0 amide bonds. The number of hydrogen-bond donors (Lipinski definition) is 3.